The molecule has 1 N–H and O–H groups in total. The van der Waals surface area contributed by atoms with E-state index in [-0.39, 0.29) is 11.5 Å². The molecular weight excluding hydrogens is 244 g/mol. The van der Waals surface area contributed by atoms with Crippen LogP contribution in [0.4, 0.5) is 5.00 Å². The Labute approximate surface area is 103 Å². The van der Waals surface area contributed by atoms with Gasteiger partial charge in [0.15, 0.2) is 0 Å². The van der Waals surface area contributed by atoms with Crippen molar-refractivity contribution in [3.63, 3.8) is 0 Å². The number of thiophene rings is 1. The quantitative estimate of drug-likeness (QED) is 0.597. The Morgan fingerprint density at radius 1 is 1.65 bits per heavy atom. The smallest absolute Gasteiger partial charge is 0.324 e. The molecule has 0 spiro atoms. The number of nitrogens with zero attached hydrogens (tertiary/aromatic N) is 2. The van der Waals surface area contributed by atoms with E-state index >= 15 is 0 Å². The van der Waals surface area contributed by atoms with E-state index in [0.29, 0.717) is 13.1 Å². The zero-order valence-electron chi connectivity index (χ0n) is 9.46. The van der Waals surface area contributed by atoms with Gasteiger partial charge in [0.2, 0.25) is 0 Å². The van der Waals surface area contributed by atoms with Crippen LogP contribution in [0.2, 0.25) is 0 Å². The summed E-state index contributed by atoms with van der Waals surface area (Å²) in [5.74, 6) is -0.886. The van der Waals surface area contributed by atoms with E-state index in [9.17, 15) is 14.9 Å². The third kappa shape index (κ3) is 4.49. The number of aliphatic carboxylic acids is 1. The lowest BCUT2D eigenvalue weighted by Gasteiger charge is -2.18. The molecule has 6 nitrogen and oxygen atoms in total. The summed E-state index contributed by atoms with van der Waals surface area (Å²) in [6, 6.07) is 1.50. The molecule has 0 aliphatic rings. The van der Waals surface area contributed by atoms with Gasteiger partial charge >= 0.3 is 11.0 Å². The minimum atomic E-state index is -0.886. The summed E-state index contributed by atoms with van der Waals surface area (Å²) in [6.07, 6.45) is 0.847. The molecule has 0 fully saturated rings. The Morgan fingerprint density at radius 3 is 2.82 bits per heavy atom. The van der Waals surface area contributed by atoms with Crippen LogP contribution in [0.3, 0.4) is 0 Å². The van der Waals surface area contributed by atoms with Crippen molar-refractivity contribution in [2.24, 2.45) is 0 Å². The van der Waals surface area contributed by atoms with E-state index < -0.39 is 10.9 Å². The molecule has 0 atom stereocenters. The van der Waals surface area contributed by atoms with Crippen molar-refractivity contribution in [2.45, 2.75) is 19.9 Å². The fourth-order valence-corrected chi connectivity index (χ4v) is 2.24. The summed E-state index contributed by atoms with van der Waals surface area (Å²) in [5.41, 5.74) is 0.788. The molecule has 7 heteroatoms. The van der Waals surface area contributed by atoms with Crippen LogP contribution in [0.25, 0.3) is 0 Å². The van der Waals surface area contributed by atoms with Gasteiger partial charge < -0.3 is 5.11 Å². The molecular formula is C10H14N2O4S. The first kappa shape index (κ1) is 13.6. The summed E-state index contributed by atoms with van der Waals surface area (Å²) < 4.78 is 0. The molecule has 0 saturated heterocycles. The average Bonchev–Trinajstić information content (AvgIpc) is 2.65. The largest absolute Gasteiger partial charge is 0.480 e. The van der Waals surface area contributed by atoms with Crippen LogP contribution in [-0.2, 0) is 11.3 Å². The van der Waals surface area contributed by atoms with Crippen molar-refractivity contribution in [1.29, 1.82) is 0 Å². The maximum absolute atomic E-state index is 10.6. The number of carboxylic acids is 1. The highest BCUT2D eigenvalue weighted by Gasteiger charge is 2.14. The van der Waals surface area contributed by atoms with Gasteiger partial charge in [0.05, 0.1) is 11.5 Å². The molecule has 1 heterocycles. The van der Waals surface area contributed by atoms with Crippen LogP contribution >= 0.6 is 11.3 Å². The Hall–Kier alpha value is -1.47. The van der Waals surface area contributed by atoms with Crippen LogP contribution in [0, 0.1) is 10.1 Å². The summed E-state index contributed by atoms with van der Waals surface area (Å²) in [6.45, 7) is 3.02. The lowest BCUT2D eigenvalue weighted by Crippen LogP contribution is -2.29. The van der Waals surface area contributed by atoms with Gasteiger partial charge in [0.25, 0.3) is 0 Å². The summed E-state index contributed by atoms with van der Waals surface area (Å²) in [4.78, 5) is 22.5. The predicted octanol–water partition coefficient (Wildman–Crippen LogP) is 1.95. The van der Waals surface area contributed by atoms with E-state index in [1.165, 1.54) is 6.07 Å². The second-order valence-electron chi connectivity index (χ2n) is 3.65. The molecule has 94 valence electrons. The summed E-state index contributed by atoms with van der Waals surface area (Å²) in [7, 11) is 0. The average molecular weight is 258 g/mol. The van der Waals surface area contributed by atoms with Crippen LogP contribution in [0.15, 0.2) is 11.4 Å². The lowest BCUT2D eigenvalue weighted by molar-refractivity contribution is -0.380. The maximum atomic E-state index is 10.6. The lowest BCUT2D eigenvalue weighted by atomic mass is 10.3. The highest BCUT2D eigenvalue weighted by atomic mass is 32.1. The zero-order chi connectivity index (χ0) is 12.8. The molecule has 0 saturated carbocycles. The van der Waals surface area contributed by atoms with Gasteiger partial charge in [-0.05, 0) is 18.5 Å². The molecule has 0 unspecified atom stereocenters. The Morgan fingerprint density at radius 2 is 2.35 bits per heavy atom. The van der Waals surface area contributed by atoms with Crippen LogP contribution < -0.4 is 0 Å². The second-order valence-corrected chi connectivity index (χ2v) is 4.54. The number of nitro groups is 1. The minimum Gasteiger partial charge on any atom is -0.480 e. The second kappa shape index (κ2) is 6.31. The van der Waals surface area contributed by atoms with E-state index in [0.717, 1.165) is 23.3 Å². The molecule has 1 rings (SSSR count). The number of rotatable bonds is 7. The zero-order valence-corrected chi connectivity index (χ0v) is 10.3. The van der Waals surface area contributed by atoms with Crippen LogP contribution in [-0.4, -0.2) is 34.0 Å². The first-order valence-electron chi connectivity index (χ1n) is 5.19. The number of carbonyl (C=O) groups is 1. The highest BCUT2D eigenvalue weighted by Crippen LogP contribution is 2.23. The summed E-state index contributed by atoms with van der Waals surface area (Å²) in [5, 5.41) is 21.0. The van der Waals surface area contributed by atoms with Crippen LogP contribution in [0.5, 0.6) is 0 Å². The normalized spacial score (nSPS) is 10.7. The van der Waals surface area contributed by atoms with Crippen LogP contribution in [0.1, 0.15) is 18.9 Å². The topological polar surface area (TPSA) is 83.7 Å². The first-order valence-corrected chi connectivity index (χ1v) is 6.06. The van der Waals surface area contributed by atoms with Crippen molar-refractivity contribution in [3.05, 3.63) is 27.1 Å². The van der Waals surface area contributed by atoms with E-state index in [4.69, 9.17) is 5.11 Å². The molecule has 0 aliphatic heterocycles. The third-order valence-corrected chi connectivity index (χ3v) is 3.05. The van der Waals surface area contributed by atoms with Gasteiger partial charge in [0.1, 0.15) is 0 Å². The number of carboxylic acid groups (broad SMARTS) is 1. The van der Waals surface area contributed by atoms with E-state index in [1.807, 2.05) is 6.92 Å². The molecule has 1 aromatic rings. The predicted molar refractivity (Wildman–Crippen MR) is 64.2 cm³/mol. The highest BCUT2D eigenvalue weighted by molar-refractivity contribution is 7.13. The SMILES string of the molecule is CCCN(CC(=O)O)Cc1csc([N+](=O)[O-])c1. The van der Waals surface area contributed by atoms with Gasteiger partial charge in [-0.1, -0.05) is 18.3 Å². The number of hydrogen-bond donors (Lipinski definition) is 1. The maximum Gasteiger partial charge on any atom is 0.324 e. The third-order valence-electron chi connectivity index (χ3n) is 2.12. The molecule has 1 aromatic heterocycles. The van der Waals surface area contributed by atoms with Crippen molar-refractivity contribution >= 4 is 22.3 Å². The molecule has 17 heavy (non-hydrogen) atoms. The van der Waals surface area contributed by atoms with Crippen molar-refractivity contribution in [1.82, 2.24) is 4.90 Å². The van der Waals surface area contributed by atoms with Gasteiger partial charge in [-0.25, -0.2) is 0 Å². The van der Waals surface area contributed by atoms with E-state index in [2.05, 4.69) is 0 Å². The minimum absolute atomic E-state index is 0.0442. The molecule has 0 bridgehead atoms. The molecule has 0 aliphatic carbocycles. The van der Waals surface area contributed by atoms with Crippen molar-refractivity contribution in [2.75, 3.05) is 13.1 Å². The fourth-order valence-electron chi connectivity index (χ4n) is 1.52. The van der Waals surface area contributed by atoms with Gasteiger partial charge in [-0.3, -0.25) is 19.8 Å². The Bertz CT molecular complexity index is 405. The monoisotopic (exact) mass is 258 g/mol. The molecule has 0 amide bonds. The molecule has 0 radical (unpaired) electrons. The fraction of sp³-hybridized carbons (Fsp3) is 0.500. The molecule has 0 aromatic carbocycles. The van der Waals surface area contributed by atoms with Crippen molar-refractivity contribution < 1.29 is 14.8 Å². The Balaban J connectivity index is 2.64. The standard InChI is InChI=1S/C10H14N2O4S/c1-2-3-11(6-10(13)14)5-8-4-9(12(15)16)17-7-8/h4,7H,2-3,5-6H2,1H3,(H,13,14). The Kier molecular flexibility index (Phi) is 5.05. The van der Waals surface area contributed by atoms with Gasteiger partial charge in [-0.15, -0.1) is 0 Å². The van der Waals surface area contributed by atoms with Gasteiger partial charge in [-0.2, -0.15) is 0 Å². The first-order chi connectivity index (χ1) is 8.02. The summed E-state index contributed by atoms with van der Waals surface area (Å²) >= 11 is 1.06. The van der Waals surface area contributed by atoms with Gasteiger partial charge in [0, 0.05) is 18.0 Å². The van der Waals surface area contributed by atoms with Crippen molar-refractivity contribution in [3.8, 4) is 0 Å². The number of hydrogen-bond acceptors (Lipinski definition) is 5. The van der Waals surface area contributed by atoms with E-state index in [1.54, 1.807) is 10.3 Å².